The van der Waals surface area contributed by atoms with Crippen LogP contribution in [-0.4, -0.2) is 65.2 Å². The van der Waals surface area contributed by atoms with Gasteiger partial charge in [-0.2, -0.15) is 0 Å². The van der Waals surface area contributed by atoms with Crippen LogP contribution < -0.4 is 14.5 Å². The van der Waals surface area contributed by atoms with Crippen LogP contribution in [-0.2, 0) is 16.6 Å². The van der Waals surface area contributed by atoms with Crippen LogP contribution in [0.2, 0.25) is 0 Å². The molecule has 0 aliphatic heterocycles. The molecule has 0 spiro atoms. The summed E-state index contributed by atoms with van der Waals surface area (Å²) in [4.78, 5) is 13.1. The van der Waals surface area contributed by atoms with Gasteiger partial charge in [0.1, 0.15) is 23.6 Å². The third kappa shape index (κ3) is 6.98. The standard InChI is InChI=1S/C17H18N3O3S.C12H20NO/c1-10-8-18-15(11(2)16(10)23-4)9-24(21)17-19-13-6-5-12(22-3)7-14(13)20-17;1-10(13(2,3)4)12(14)11-8-6-5-7-9-11/h5-8H,9H2,1-4H3;5-10,12,14H,1-4H3/q-1;+1/t24-;10-,12-/m01/s1. The second-order valence-corrected chi connectivity index (χ2v) is 11.5. The molecule has 9 heteroatoms. The summed E-state index contributed by atoms with van der Waals surface area (Å²) in [5.41, 5.74) is 4.93. The molecule has 8 nitrogen and oxygen atoms in total. The highest BCUT2D eigenvalue weighted by Crippen LogP contribution is 2.26. The van der Waals surface area contributed by atoms with Gasteiger partial charge in [0.05, 0.1) is 57.6 Å². The number of aryl methyl sites for hydroxylation is 1. The number of aliphatic hydroxyl groups excluding tert-OH is 1. The molecule has 0 radical (unpaired) electrons. The number of quaternary nitrogens is 1. The highest BCUT2D eigenvalue weighted by Gasteiger charge is 2.27. The zero-order valence-electron chi connectivity index (χ0n) is 23.4. The summed E-state index contributed by atoms with van der Waals surface area (Å²) in [5, 5.41) is 10.4. The number of benzene rings is 2. The van der Waals surface area contributed by atoms with Crippen LogP contribution in [0, 0.1) is 13.8 Å². The van der Waals surface area contributed by atoms with Crippen LogP contribution in [0.5, 0.6) is 11.5 Å². The van der Waals surface area contributed by atoms with E-state index in [1.165, 1.54) is 0 Å². The molecule has 204 valence electrons. The van der Waals surface area contributed by atoms with E-state index in [9.17, 15) is 9.32 Å². The van der Waals surface area contributed by atoms with E-state index in [1.54, 1.807) is 38.6 Å². The molecule has 0 fully saturated rings. The van der Waals surface area contributed by atoms with Crippen LogP contribution in [0.25, 0.3) is 11.0 Å². The Morgan fingerprint density at radius 2 is 1.74 bits per heavy atom. The quantitative estimate of drug-likeness (QED) is 0.333. The first kappa shape index (κ1) is 29.3. The number of rotatable bonds is 8. The molecular weight excluding hydrogens is 500 g/mol. The summed E-state index contributed by atoms with van der Waals surface area (Å²) < 4.78 is 24.0. The Labute approximate surface area is 227 Å². The van der Waals surface area contributed by atoms with Gasteiger partial charge in [0.25, 0.3) is 0 Å². The van der Waals surface area contributed by atoms with Crippen molar-refractivity contribution in [3.05, 3.63) is 77.1 Å². The van der Waals surface area contributed by atoms with E-state index in [4.69, 9.17) is 9.47 Å². The zero-order valence-corrected chi connectivity index (χ0v) is 24.2. The first-order chi connectivity index (χ1) is 18.0. The van der Waals surface area contributed by atoms with Gasteiger partial charge >= 0.3 is 0 Å². The molecular formula is C29H38N4O4S. The SMILES string of the molecule is COc1ccc2[n-]c([S@@](=O)Cc3ncc(C)c(OC)c3C)nc2c1.C[C@H]([C@@H](O)c1ccccc1)[N+](C)(C)C. The molecule has 2 aromatic carbocycles. The van der Waals surface area contributed by atoms with Crippen molar-refractivity contribution in [1.82, 2.24) is 15.0 Å². The minimum atomic E-state index is -1.38. The molecule has 0 aliphatic carbocycles. The van der Waals surface area contributed by atoms with E-state index >= 15 is 0 Å². The number of hydrogen-bond acceptors (Lipinski definition) is 6. The number of nitrogens with zero attached hydrogens (tertiary/aromatic N) is 4. The lowest BCUT2D eigenvalue weighted by Crippen LogP contribution is -2.46. The lowest BCUT2D eigenvalue weighted by atomic mass is 10.0. The average Bonchev–Trinajstić information content (AvgIpc) is 3.33. The Bertz CT molecular complexity index is 1380. The second-order valence-electron chi connectivity index (χ2n) is 10.1. The Morgan fingerprint density at radius 3 is 2.34 bits per heavy atom. The van der Waals surface area contributed by atoms with Crippen molar-refractivity contribution in [2.24, 2.45) is 0 Å². The maximum Gasteiger partial charge on any atom is 0.130 e. The van der Waals surface area contributed by atoms with Gasteiger partial charge in [-0.3, -0.25) is 9.19 Å². The number of aliphatic hydroxyl groups is 1. The minimum absolute atomic E-state index is 0.192. The van der Waals surface area contributed by atoms with Gasteiger partial charge < -0.3 is 29.0 Å². The number of aromatic nitrogens is 3. The summed E-state index contributed by atoms with van der Waals surface area (Å²) in [5.74, 6) is 1.71. The maximum atomic E-state index is 12.6. The molecule has 2 heterocycles. The summed E-state index contributed by atoms with van der Waals surface area (Å²) in [6, 6.07) is 15.4. The van der Waals surface area contributed by atoms with Gasteiger partial charge in [-0.05, 0) is 49.5 Å². The van der Waals surface area contributed by atoms with Crippen LogP contribution in [0.15, 0.2) is 59.9 Å². The first-order valence-electron chi connectivity index (χ1n) is 12.4. The van der Waals surface area contributed by atoms with Gasteiger partial charge in [-0.25, -0.2) is 0 Å². The van der Waals surface area contributed by atoms with Crippen molar-refractivity contribution in [3.63, 3.8) is 0 Å². The maximum absolute atomic E-state index is 12.6. The van der Waals surface area contributed by atoms with Crippen molar-refractivity contribution in [2.75, 3.05) is 35.4 Å². The summed E-state index contributed by atoms with van der Waals surface area (Å²) in [7, 11) is 8.11. The zero-order chi connectivity index (χ0) is 28.0. The fourth-order valence-electron chi connectivity index (χ4n) is 3.90. The molecule has 0 saturated heterocycles. The van der Waals surface area contributed by atoms with E-state index in [0.29, 0.717) is 21.9 Å². The lowest BCUT2D eigenvalue weighted by Gasteiger charge is -2.34. The Morgan fingerprint density at radius 1 is 1.05 bits per heavy atom. The van der Waals surface area contributed by atoms with Gasteiger partial charge in [-0.15, -0.1) is 0 Å². The van der Waals surface area contributed by atoms with Crippen LogP contribution in [0.4, 0.5) is 0 Å². The number of hydrogen-bond donors (Lipinski definition) is 1. The average molecular weight is 539 g/mol. The lowest BCUT2D eigenvalue weighted by molar-refractivity contribution is -0.898. The third-order valence-corrected chi connectivity index (χ3v) is 7.78. The van der Waals surface area contributed by atoms with E-state index in [2.05, 4.69) is 43.0 Å². The minimum Gasteiger partial charge on any atom is -0.497 e. The van der Waals surface area contributed by atoms with Gasteiger partial charge in [0, 0.05) is 22.5 Å². The number of ether oxygens (including phenoxy) is 2. The van der Waals surface area contributed by atoms with Crippen molar-refractivity contribution in [1.29, 1.82) is 0 Å². The number of methoxy groups -OCH3 is 2. The Balaban J connectivity index is 0.000000244. The summed E-state index contributed by atoms with van der Waals surface area (Å²) >= 11 is 0. The number of likely N-dealkylation sites (N-methyl/N-ethyl adjacent to an activating group) is 1. The normalized spacial score (nSPS) is 13.8. The largest absolute Gasteiger partial charge is 0.497 e. The number of pyridine rings is 1. The summed E-state index contributed by atoms with van der Waals surface area (Å²) in [6.07, 6.45) is 1.34. The molecule has 3 atom stereocenters. The molecule has 0 amide bonds. The smallest absolute Gasteiger partial charge is 0.130 e. The molecule has 38 heavy (non-hydrogen) atoms. The second kappa shape index (κ2) is 12.5. The van der Waals surface area contributed by atoms with E-state index in [1.807, 2.05) is 44.2 Å². The molecule has 1 N–H and O–H groups in total. The highest BCUT2D eigenvalue weighted by atomic mass is 32.2. The molecule has 2 aromatic heterocycles. The van der Waals surface area contributed by atoms with Crippen molar-refractivity contribution >= 4 is 21.8 Å². The first-order valence-corrected chi connectivity index (χ1v) is 13.7. The van der Waals surface area contributed by atoms with Crippen LogP contribution in [0.3, 0.4) is 0 Å². The predicted molar refractivity (Wildman–Crippen MR) is 151 cm³/mol. The highest BCUT2D eigenvalue weighted by molar-refractivity contribution is 7.84. The number of imidazole rings is 1. The number of fused-ring (bicyclic) bond motifs is 1. The Hall–Kier alpha value is -3.27. The Kier molecular flexibility index (Phi) is 9.65. The predicted octanol–water partition coefficient (Wildman–Crippen LogP) is 4.34. The van der Waals surface area contributed by atoms with Gasteiger partial charge in [0.15, 0.2) is 0 Å². The molecule has 4 rings (SSSR count). The van der Waals surface area contributed by atoms with Crippen molar-refractivity contribution in [3.8, 4) is 11.5 Å². The van der Waals surface area contributed by atoms with Crippen molar-refractivity contribution in [2.45, 2.75) is 43.8 Å². The van der Waals surface area contributed by atoms with Crippen LogP contribution in [0.1, 0.15) is 35.4 Å². The van der Waals surface area contributed by atoms with E-state index < -0.39 is 16.9 Å². The monoisotopic (exact) mass is 538 g/mol. The van der Waals surface area contributed by atoms with Crippen LogP contribution >= 0.6 is 0 Å². The van der Waals surface area contributed by atoms with Gasteiger partial charge in [-0.1, -0.05) is 36.4 Å². The fourth-order valence-corrected chi connectivity index (χ4v) is 4.97. The van der Waals surface area contributed by atoms with E-state index in [-0.39, 0.29) is 11.8 Å². The third-order valence-electron chi connectivity index (χ3n) is 6.66. The molecule has 0 unspecified atom stereocenters. The topological polar surface area (TPSA) is 95.6 Å². The van der Waals surface area contributed by atoms with Crippen molar-refractivity contribution < 1.29 is 23.3 Å². The molecule has 0 bridgehead atoms. The molecule has 0 aliphatic rings. The fraction of sp³-hybridized carbons (Fsp3) is 0.379. The summed E-state index contributed by atoms with van der Waals surface area (Å²) in [6.45, 7) is 5.91. The van der Waals surface area contributed by atoms with E-state index in [0.717, 1.165) is 32.6 Å². The molecule has 0 saturated carbocycles. The molecule has 4 aromatic rings. The van der Waals surface area contributed by atoms with Gasteiger partial charge in [0.2, 0.25) is 0 Å².